The first-order valence-electron chi connectivity index (χ1n) is 6.97. The molecule has 1 amide bonds. The van der Waals surface area contributed by atoms with Crippen molar-refractivity contribution in [3.8, 4) is 0 Å². The van der Waals surface area contributed by atoms with E-state index < -0.39 is 0 Å². The van der Waals surface area contributed by atoms with Gasteiger partial charge in [-0.25, -0.2) is 4.79 Å². The molecule has 5 nitrogen and oxygen atoms in total. The van der Waals surface area contributed by atoms with Crippen molar-refractivity contribution in [3.05, 3.63) is 35.9 Å². The van der Waals surface area contributed by atoms with Crippen LogP contribution in [0.3, 0.4) is 0 Å². The lowest BCUT2D eigenvalue weighted by atomic mass is 9.87. The summed E-state index contributed by atoms with van der Waals surface area (Å²) in [7, 11) is 1.69. The molecule has 20 heavy (non-hydrogen) atoms. The molecule has 1 saturated carbocycles. The summed E-state index contributed by atoms with van der Waals surface area (Å²) in [5.74, 6) is 0. The second-order valence-electron chi connectivity index (χ2n) is 5.02. The highest BCUT2D eigenvalue weighted by Gasteiger charge is 2.29. The average molecular weight is 278 g/mol. The van der Waals surface area contributed by atoms with Gasteiger partial charge in [0.2, 0.25) is 0 Å². The van der Waals surface area contributed by atoms with E-state index in [2.05, 4.69) is 10.6 Å². The number of amides is 1. The van der Waals surface area contributed by atoms with Gasteiger partial charge in [0.15, 0.2) is 0 Å². The van der Waals surface area contributed by atoms with E-state index in [9.17, 15) is 4.79 Å². The van der Waals surface area contributed by atoms with E-state index in [-0.39, 0.29) is 12.1 Å². The van der Waals surface area contributed by atoms with Gasteiger partial charge in [0.25, 0.3) is 0 Å². The van der Waals surface area contributed by atoms with E-state index >= 15 is 0 Å². The Bertz CT molecular complexity index is 405. The zero-order valence-corrected chi connectivity index (χ0v) is 11.8. The van der Waals surface area contributed by atoms with E-state index in [4.69, 9.17) is 9.47 Å². The predicted molar refractivity (Wildman–Crippen MR) is 76.5 cm³/mol. The van der Waals surface area contributed by atoms with Gasteiger partial charge < -0.3 is 20.1 Å². The van der Waals surface area contributed by atoms with E-state index in [0.717, 1.165) is 24.9 Å². The molecule has 0 unspecified atom stereocenters. The first-order chi connectivity index (χ1) is 9.78. The fraction of sp³-hybridized carbons (Fsp3) is 0.533. The monoisotopic (exact) mass is 278 g/mol. The number of nitrogens with one attached hydrogen (secondary N) is 2. The maximum absolute atomic E-state index is 11.6. The minimum absolute atomic E-state index is 0.221. The lowest BCUT2D eigenvalue weighted by Gasteiger charge is -2.36. The molecular formula is C15H22N2O3. The molecule has 2 rings (SSSR count). The molecule has 1 aromatic carbocycles. The molecule has 0 radical (unpaired) electrons. The molecule has 1 aliphatic carbocycles. The molecule has 1 aliphatic rings. The fourth-order valence-electron chi connectivity index (χ4n) is 2.20. The highest BCUT2D eigenvalue weighted by molar-refractivity contribution is 5.67. The molecule has 1 fully saturated rings. The Morgan fingerprint density at radius 1 is 1.25 bits per heavy atom. The van der Waals surface area contributed by atoms with Gasteiger partial charge in [0.05, 0.1) is 6.61 Å². The first kappa shape index (κ1) is 14.8. The van der Waals surface area contributed by atoms with Gasteiger partial charge in [-0.15, -0.1) is 0 Å². The quantitative estimate of drug-likeness (QED) is 0.745. The van der Waals surface area contributed by atoms with Crippen molar-refractivity contribution >= 4 is 6.09 Å². The summed E-state index contributed by atoms with van der Waals surface area (Å²) in [4.78, 5) is 11.6. The van der Waals surface area contributed by atoms with Gasteiger partial charge in [-0.2, -0.15) is 0 Å². The van der Waals surface area contributed by atoms with Crippen LogP contribution < -0.4 is 10.6 Å². The molecule has 0 aromatic heterocycles. The molecule has 110 valence electrons. The van der Waals surface area contributed by atoms with E-state index in [1.807, 2.05) is 30.3 Å². The molecule has 0 saturated heterocycles. The third-order valence-electron chi connectivity index (χ3n) is 3.41. The molecule has 0 aliphatic heterocycles. The lowest BCUT2D eigenvalue weighted by molar-refractivity contribution is 0.124. The molecule has 1 aromatic rings. The Labute approximate surface area is 119 Å². The highest BCUT2D eigenvalue weighted by Crippen LogP contribution is 2.19. The number of ether oxygens (including phenoxy) is 2. The fourth-order valence-corrected chi connectivity index (χ4v) is 2.20. The van der Waals surface area contributed by atoms with Gasteiger partial charge in [-0.05, 0) is 18.4 Å². The number of carbonyl (C=O) groups is 1. The Balaban J connectivity index is 1.55. The Kier molecular flexibility index (Phi) is 5.83. The third kappa shape index (κ3) is 4.83. The van der Waals surface area contributed by atoms with Crippen molar-refractivity contribution < 1.29 is 14.3 Å². The third-order valence-corrected chi connectivity index (χ3v) is 3.41. The number of benzene rings is 1. The molecule has 0 bridgehead atoms. The van der Waals surface area contributed by atoms with Gasteiger partial charge in [-0.3, -0.25) is 0 Å². The van der Waals surface area contributed by atoms with Crippen LogP contribution in [0.4, 0.5) is 4.79 Å². The topological polar surface area (TPSA) is 59.6 Å². The molecule has 2 N–H and O–H groups in total. The van der Waals surface area contributed by atoms with Crippen molar-refractivity contribution in [2.24, 2.45) is 0 Å². The van der Waals surface area contributed by atoms with Gasteiger partial charge in [0, 0.05) is 25.7 Å². The molecule has 0 heterocycles. The second kappa shape index (κ2) is 7.87. The molecular weight excluding hydrogens is 256 g/mol. The van der Waals surface area contributed by atoms with Crippen LogP contribution in [0.1, 0.15) is 18.4 Å². The normalized spacial score (nSPS) is 21.1. The summed E-state index contributed by atoms with van der Waals surface area (Å²) in [6.45, 7) is 1.88. The van der Waals surface area contributed by atoms with Crippen molar-refractivity contribution in [3.63, 3.8) is 0 Å². The minimum atomic E-state index is -0.339. The summed E-state index contributed by atoms with van der Waals surface area (Å²) in [5, 5.41) is 6.24. The Morgan fingerprint density at radius 2 is 2.00 bits per heavy atom. The summed E-state index contributed by atoms with van der Waals surface area (Å²) in [6, 6.07) is 10.4. The van der Waals surface area contributed by atoms with Crippen LogP contribution in [0.25, 0.3) is 0 Å². The number of hydrogen-bond acceptors (Lipinski definition) is 4. The average Bonchev–Trinajstić information content (AvgIpc) is 2.43. The van der Waals surface area contributed by atoms with Crippen LogP contribution in [0.15, 0.2) is 30.3 Å². The summed E-state index contributed by atoms with van der Waals surface area (Å²) in [6.07, 6.45) is 1.56. The van der Waals surface area contributed by atoms with E-state index in [0.29, 0.717) is 19.3 Å². The van der Waals surface area contributed by atoms with Gasteiger partial charge >= 0.3 is 6.09 Å². The largest absolute Gasteiger partial charge is 0.445 e. The van der Waals surface area contributed by atoms with Crippen LogP contribution in [-0.2, 0) is 16.1 Å². The van der Waals surface area contributed by atoms with E-state index in [1.54, 1.807) is 7.11 Å². The Morgan fingerprint density at radius 3 is 2.70 bits per heavy atom. The standard InChI is InChI=1S/C15H22N2O3/c1-19-8-7-16-13-9-14(10-13)17-15(18)20-11-12-5-3-2-4-6-12/h2-6,13-14,16H,7-11H2,1H3,(H,17,18). The SMILES string of the molecule is COCCNC1CC(NC(=O)OCc2ccccc2)C1. The summed E-state index contributed by atoms with van der Waals surface area (Å²) in [5.41, 5.74) is 0.996. The second-order valence-corrected chi connectivity index (χ2v) is 5.02. The van der Waals surface area contributed by atoms with Crippen LogP contribution in [0.5, 0.6) is 0 Å². The van der Waals surface area contributed by atoms with Crippen LogP contribution in [0.2, 0.25) is 0 Å². The van der Waals surface area contributed by atoms with Crippen molar-refractivity contribution in [1.82, 2.24) is 10.6 Å². The lowest BCUT2D eigenvalue weighted by Crippen LogP contribution is -2.52. The summed E-state index contributed by atoms with van der Waals surface area (Å²) < 4.78 is 10.2. The van der Waals surface area contributed by atoms with E-state index in [1.165, 1.54) is 0 Å². The van der Waals surface area contributed by atoms with Gasteiger partial charge in [0.1, 0.15) is 6.61 Å². The van der Waals surface area contributed by atoms with Crippen molar-refractivity contribution in [1.29, 1.82) is 0 Å². The van der Waals surface area contributed by atoms with Gasteiger partial charge in [-0.1, -0.05) is 30.3 Å². The number of alkyl carbamates (subject to hydrolysis) is 1. The van der Waals surface area contributed by atoms with Crippen LogP contribution in [-0.4, -0.2) is 38.4 Å². The maximum Gasteiger partial charge on any atom is 0.407 e. The Hall–Kier alpha value is -1.59. The van der Waals surface area contributed by atoms with Crippen molar-refractivity contribution in [2.45, 2.75) is 31.5 Å². The van der Waals surface area contributed by atoms with Crippen LogP contribution >= 0.6 is 0 Å². The van der Waals surface area contributed by atoms with Crippen LogP contribution in [0, 0.1) is 0 Å². The molecule has 0 atom stereocenters. The highest BCUT2D eigenvalue weighted by atomic mass is 16.5. The zero-order valence-electron chi connectivity index (χ0n) is 11.8. The zero-order chi connectivity index (χ0) is 14.2. The minimum Gasteiger partial charge on any atom is -0.445 e. The predicted octanol–water partition coefficient (Wildman–Crippen LogP) is 1.68. The smallest absolute Gasteiger partial charge is 0.407 e. The maximum atomic E-state index is 11.6. The number of methoxy groups -OCH3 is 1. The first-order valence-corrected chi connectivity index (χ1v) is 6.97. The summed E-state index contributed by atoms with van der Waals surface area (Å²) >= 11 is 0. The van der Waals surface area contributed by atoms with Crippen molar-refractivity contribution in [2.75, 3.05) is 20.3 Å². The number of rotatable bonds is 7. The molecule has 0 spiro atoms. The number of carbonyl (C=O) groups excluding carboxylic acids is 1. The number of hydrogen-bond donors (Lipinski definition) is 2. The molecule has 5 heteroatoms.